The summed E-state index contributed by atoms with van der Waals surface area (Å²) in [4.78, 5) is 11.3. The van der Waals surface area contributed by atoms with E-state index in [9.17, 15) is 13.6 Å². The minimum absolute atomic E-state index is 0.0127. The van der Waals surface area contributed by atoms with Gasteiger partial charge in [0.1, 0.15) is 0 Å². The van der Waals surface area contributed by atoms with E-state index >= 15 is 0 Å². The summed E-state index contributed by atoms with van der Waals surface area (Å²) >= 11 is 1.93. The molecule has 1 aromatic carbocycles. The number of carbonyl (C=O) groups excluding carboxylic acids is 1. The van der Waals surface area contributed by atoms with Gasteiger partial charge in [0, 0.05) is 14.7 Å². The smallest absolute Gasteiger partial charge is 0.263 e. The summed E-state index contributed by atoms with van der Waals surface area (Å²) in [5, 5.41) is 0. The second kappa shape index (κ2) is 5.01. The van der Waals surface area contributed by atoms with Crippen molar-refractivity contribution in [1.82, 2.24) is 0 Å². The van der Waals surface area contributed by atoms with Gasteiger partial charge in [0.25, 0.3) is 6.43 Å². The van der Waals surface area contributed by atoms with Gasteiger partial charge in [-0.3, -0.25) is 4.79 Å². The van der Waals surface area contributed by atoms with Crippen LogP contribution in [0.25, 0.3) is 0 Å². The van der Waals surface area contributed by atoms with Crippen molar-refractivity contribution >= 4 is 28.4 Å². The third-order valence-corrected chi connectivity index (χ3v) is 3.03. The SMILES string of the molecule is CCc1cc(C(F)F)cc(I)c1C(C)=O. The Labute approximate surface area is 101 Å². The first-order valence-corrected chi connectivity index (χ1v) is 5.66. The summed E-state index contributed by atoms with van der Waals surface area (Å²) in [5.74, 6) is -0.0722. The number of ketones is 1. The number of hydrogen-bond acceptors (Lipinski definition) is 1. The highest BCUT2D eigenvalue weighted by Crippen LogP contribution is 2.26. The highest BCUT2D eigenvalue weighted by atomic mass is 127. The lowest BCUT2D eigenvalue weighted by Gasteiger charge is -2.10. The third kappa shape index (κ3) is 2.74. The first kappa shape index (κ1) is 12.5. The number of carbonyl (C=O) groups is 1. The maximum absolute atomic E-state index is 12.5. The highest BCUT2D eigenvalue weighted by Gasteiger charge is 2.15. The zero-order chi connectivity index (χ0) is 11.6. The minimum atomic E-state index is -2.48. The number of hydrogen-bond donors (Lipinski definition) is 0. The lowest BCUT2D eigenvalue weighted by molar-refractivity contribution is 0.101. The Morgan fingerprint density at radius 3 is 2.47 bits per heavy atom. The zero-order valence-corrected chi connectivity index (χ0v) is 10.6. The van der Waals surface area contributed by atoms with E-state index in [-0.39, 0.29) is 11.3 Å². The normalized spacial score (nSPS) is 10.8. The van der Waals surface area contributed by atoms with Crippen molar-refractivity contribution in [2.24, 2.45) is 0 Å². The molecule has 82 valence electrons. The molecule has 0 bridgehead atoms. The summed E-state index contributed by atoms with van der Waals surface area (Å²) in [5.41, 5.74) is 1.26. The third-order valence-electron chi connectivity index (χ3n) is 2.18. The second-order valence-corrected chi connectivity index (χ2v) is 4.41. The summed E-state index contributed by atoms with van der Waals surface area (Å²) in [7, 11) is 0. The van der Waals surface area contributed by atoms with E-state index in [4.69, 9.17) is 0 Å². The molecule has 0 N–H and O–H groups in total. The molecule has 0 heterocycles. The van der Waals surface area contributed by atoms with Crippen LogP contribution in [-0.2, 0) is 6.42 Å². The van der Waals surface area contributed by atoms with Crippen molar-refractivity contribution < 1.29 is 13.6 Å². The molecule has 0 aliphatic heterocycles. The molecule has 0 aromatic heterocycles. The number of alkyl halides is 2. The first-order chi connectivity index (χ1) is 6.97. The minimum Gasteiger partial charge on any atom is -0.294 e. The molecule has 0 saturated heterocycles. The molecule has 0 atom stereocenters. The quantitative estimate of drug-likeness (QED) is 0.607. The van der Waals surface area contributed by atoms with Gasteiger partial charge in [0.15, 0.2) is 5.78 Å². The van der Waals surface area contributed by atoms with Gasteiger partial charge in [0.05, 0.1) is 0 Å². The summed E-state index contributed by atoms with van der Waals surface area (Å²) in [6.45, 7) is 3.31. The fraction of sp³-hybridized carbons (Fsp3) is 0.364. The molecular formula is C11H11F2IO. The van der Waals surface area contributed by atoms with E-state index in [2.05, 4.69) is 0 Å². The van der Waals surface area contributed by atoms with Crippen LogP contribution < -0.4 is 0 Å². The Morgan fingerprint density at radius 2 is 2.07 bits per heavy atom. The lowest BCUT2D eigenvalue weighted by Crippen LogP contribution is -2.04. The van der Waals surface area contributed by atoms with Gasteiger partial charge in [-0.2, -0.15) is 0 Å². The molecule has 0 aliphatic rings. The molecular weight excluding hydrogens is 313 g/mol. The zero-order valence-electron chi connectivity index (χ0n) is 8.48. The van der Waals surface area contributed by atoms with Crippen molar-refractivity contribution in [3.05, 3.63) is 32.4 Å². The van der Waals surface area contributed by atoms with Gasteiger partial charge in [-0.1, -0.05) is 6.92 Å². The van der Waals surface area contributed by atoms with Gasteiger partial charge in [0.2, 0.25) is 0 Å². The molecule has 0 amide bonds. The lowest BCUT2D eigenvalue weighted by atomic mass is 9.99. The predicted molar refractivity (Wildman–Crippen MR) is 63.5 cm³/mol. The molecule has 0 saturated carbocycles. The van der Waals surface area contributed by atoms with Crippen LogP contribution in [0.2, 0.25) is 0 Å². The van der Waals surface area contributed by atoms with Crippen LogP contribution in [0.1, 0.15) is 41.8 Å². The summed E-state index contributed by atoms with van der Waals surface area (Å²) in [6, 6.07) is 2.80. The molecule has 0 radical (unpaired) electrons. The van der Waals surface area contributed by atoms with Crippen LogP contribution in [0.5, 0.6) is 0 Å². The fourth-order valence-corrected chi connectivity index (χ4v) is 2.57. The van der Waals surface area contributed by atoms with E-state index in [1.54, 1.807) is 0 Å². The number of Topliss-reactive ketones (excluding diaryl/α,β-unsaturated/α-hetero) is 1. The van der Waals surface area contributed by atoms with Crippen molar-refractivity contribution in [3.8, 4) is 0 Å². The summed E-state index contributed by atoms with van der Waals surface area (Å²) < 4.78 is 25.6. The molecule has 0 fully saturated rings. The standard InChI is InChI=1S/C11H11F2IO/c1-3-7-4-8(11(12)13)5-9(14)10(7)6(2)15/h4-5,11H,3H2,1-2H3. The topological polar surface area (TPSA) is 17.1 Å². The molecule has 1 aromatic rings. The number of halogens is 3. The summed E-state index contributed by atoms with van der Waals surface area (Å²) in [6.07, 6.45) is -1.89. The van der Waals surface area contributed by atoms with Crippen LogP contribution in [0.4, 0.5) is 8.78 Å². The number of rotatable bonds is 3. The molecule has 0 spiro atoms. The fourth-order valence-electron chi connectivity index (χ4n) is 1.49. The Balaban J connectivity index is 3.37. The number of aryl methyl sites for hydroxylation is 1. The number of benzene rings is 1. The maximum atomic E-state index is 12.5. The second-order valence-electron chi connectivity index (χ2n) is 3.25. The van der Waals surface area contributed by atoms with E-state index in [1.165, 1.54) is 19.1 Å². The van der Waals surface area contributed by atoms with Crippen molar-refractivity contribution in [2.75, 3.05) is 0 Å². The maximum Gasteiger partial charge on any atom is 0.263 e. The average molecular weight is 324 g/mol. The molecule has 0 unspecified atom stereocenters. The predicted octanol–water partition coefficient (Wildman–Crippen LogP) is 3.99. The van der Waals surface area contributed by atoms with Crippen LogP contribution in [0.15, 0.2) is 12.1 Å². The van der Waals surface area contributed by atoms with Crippen molar-refractivity contribution in [3.63, 3.8) is 0 Å². The van der Waals surface area contributed by atoms with Crippen LogP contribution >= 0.6 is 22.6 Å². The van der Waals surface area contributed by atoms with E-state index in [0.29, 0.717) is 21.1 Å². The van der Waals surface area contributed by atoms with Gasteiger partial charge < -0.3 is 0 Å². The Hall–Kier alpha value is -0.520. The van der Waals surface area contributed by atoms with E-state index in [0.717, 1.165) is 0 Å². The first-order valence-electron chi connectivity index (χ1n) is 4.58. The van der Waals surface area contributed by atoms with Crippen LogP contribution in [0.3, 0.4) is 0 Å². The molecule has 1 nitrogen and oxygen atoms in total. The Kier molecular flexibility index (Phi) is 4.19. The van der Waals surface area contributed by atoms with Crippen molar-refractivity contribution in [1.29, 1.82) is 0 Å². The Morgan fingerprint density at radius 1 is 1.47 bits per heavy atom. The van der Waals surface area contributed by atoms with Crippen LogP contribution in [0, 0.1) is 3.57 Å². The van der Waals surface area contributed by atoms with Crippen LogP contribution in [-0.4, -0.2) is 5.78 Å². The van der Waals surface area contributed by atoms with E-state index in [1.807, 2.05) is 29.5 Å². The van der Waals surface area contributed by atoms with Crippen molar-refractivity contribution in [2.45, 2.75) is 26.7 Å². The monoisotopic (exact) mass is 324 g/mol. The van der Waals surface area contributed by atoms with Gasteiger partial charge in [-0.25, -0.2) is 8.78 Å². The van der Waals surface area contributed by atoms with Gasteiger partial charge >= 0.3 is 0 Å². The molecule has 4 heteroatoms. The molecule has 1 rings (SSSR count). The Bertz CT molecular complexity index is 388. The largest absolute Gasteiger partial charge is 0.294 e. The van der Waals surface area contributed by atoms with Gasteiger partial charge in [-0.15, -0.1) is 0 Å². The molecule has 0 aliphatic carbocycles. The van der Waals surface area contributed by atoms with E-state index < -0.39 is 6.43 Å². The van der Waals surface area contributed by atoms with Gasteiger partial charge in [-0.05, 0) is 53.6 Å². The highest BCUT2D eigenvalue weighted by molar-refractivity contribution is 14.1. The molecule has 15 heavy (non-hydrogen) atoms. The average Bonchev–Trinajstić information content (AvgIpc) is 2.15.